The summed E-state index contributed by atoms with van der Waals surface area (Å²) in [6.45, 7) is 6.35. The first-order valence-electron chi connectivity index (χ1n) is 8.33. The fourth-order valence-electron chi connectivity index (χ4n) is 2.74. The van der Waals surface area contributed by atoms with Crippen LogP contribution < -0.4 is 10.6 Å². The third-order valence-corrected chi connectivity index (χ3v) is 6.74. The van der Waals surface area contributed by atoms with Crippen molar-refractivity contribution in [2.45, 2.75) is 52.0 Å². The number of rotatable bonds is 6. The zero-order valence-corrected chi connectivity index (χ0v) is 14.9. The maximum Gasteiger partial charge on any atom is 0.214 e. The van der Waals surface area contributed by atoms with Gasteiger partial charge < -0.3 is 10.6 Å². The molecule has 0 aromatic rings. The highest BCUT2D eigenvalue weighted by Crippen LogP contribution is 2.43. The van der Waals surface area contributed by atoms with E-state index in [1.165, 1.54) is 12.8 Å². The van der Waals surface area contributed by atoms with E-state index in [2.05, 4.69) is 22.5 Å². The van der Waals surface area contributed by atoms with E-state index in [1.807, 2.05) is 6.92 Å². The van der Waals surface area contributed by atoms with Crippen LogP contribution in [0.5, 0.6) is 0 Å². The topological polar surface area (TPSA) is 73.8 Å². The molecule has 128 valence electrons. The molecule has 22 heavy (non-hydrogen) atoms. The molecule has 0 unspecified atom stereocenters. The molecule has 0 amide bonds. The van der Waals surface area contributed by atoms with Crippen LogP contribution in [0.25, 0.3) is 0 Å². The predicted octanol–water partition coefficient (Wildman–Crippen LogP) is 1.16. The lowest BCUT2D eigenvalue weighted by Crippen LogP contribution is -2.50. The SMILES string of the molecule is CCCS(=O)(=O)N1CCC(NC(=NC)NCC2(C)CC2)CC1. The van der Waals surface area contributed by atoms with Crippen LogP contribution in [0.2, 0.25) is 0 Å². The fourth-order valence-corrected chi connectivity index (χ4v) is 4.28. The van der Waals surface area contributed by atoms with E-state index in [-0.39, 0.29) is 5.75 Å². The van der Waals surface area contributed by atoms with Crippen LogP contribution in [-0.2, 0) is 10.0 Å². The van der Waals surface area contributed by atoms with Crippen molar-refractivity contribution >= 4 is 16.0 Å². The van der Waals surface area contributed by atoms with Crippen molar-refractivity contribution in [1.82, 2.24) is 14.9 Å². The van der Waals surface area contributed by atoms with E-state index in [0.29, 0.717) is 31.0 Å². The van der Waals surface area contributed by atoms with Crippen molar-refractivity contribution in [3.63, 3.8) is 0 Å². The molecule has 0 radical (unpaired) electrons. The van der Waals surface area contributed by atoms with Crippen molar-refractivity contribution in [2.75, 3.05) is 32.4 Å². The minimum Gasteiger partial charge on any atom is -0.356 e. The zero-order chi connectivity index (χ0) is 16.2. The number of nitrogens with one attached hydrogen (secondary N) is 2. The second kappa shape index (κ2) is 7.17. The van der Waals surface area contributed by atoms with Gasteiger partial charge in [0.15, 0.2) is 5.96 Å². The van der Waals surface area contributed by atoms with E-state index in [9.17, 15) is 8.42 Å². The molecule has 2 rings (SSSR count). The normalized spacial score (nSPS) is 23.3. The number of aliphatic imine (C=N–C) groups is 1. The number of piperidine rings is 1. The molecule has 7 heteroatoms. The highest BCUT2D eigenvalue weighted by Gasteiger charge is 2.37. The summed E-state index contributed by atoms with van der Waals surface area (Å²) in [7, 11) is -1.27. The molecule has 0 aromatic heterocycles. The number of hydrogen-bond donors (Lipinski definition) is 2. The summed E-state index contributed by atoms with van der Waals surface area (Å²) in [4.78, 5) is 4.27. The first kappa shape index (κ1) is 17.5. The molecule has 0 spiro atoms. The number of hydrogen-bond acceptors (Lipinski definition) is 3. The summed E-state index contributed by atoms with van der Waals surface area (Å²) in [6.07, 6.45) is 4.91. The molecule has 2 N–H and O–H groups in total. The number of nitrogens with zero attached hydrogens (tertiary/aromatic N) is 2. The first-order chi connectivity index (χ1) is 10.4. The van der Waals surface area contributed by atoms with Crippen LogP contribution >= 0.6 is 0 Å². The molecule has 2 aliphatic rings. The second-order valence-corrected chi connectivity index (χ2v) is 8.96. The van der Waals surface area contributed by atoms with Crippen LogP contribution in [-0.4, -0.2) is 57.2 Å². The van der Waals surface area contributed by atoms with Crippen LogP contribution in [0.3, 0.4) is 0 Å². The molecule has 6 nitrogen and oxygen atoms in total. The van der Waals surface area contributed by atoms with Crippen molar-refractivity contribution in [1.29, 1.82) is 0 Å². The van der Waals surface area contributed by atoms with Crippen LogP contribution in [0.4, 0.5) is 0 Å². The standard InChI is InChI=1S/C15H30N4O2S/c1-4-11-22(20,21)19-9-5-13(6-10-19)18-14(16-3)17-12-15(2)7-8-15/h13H,4-12H2,1-3H3,(H2,16,17,18). The summed E-state index contributed by atoms with van der Waals surface area (Å²) in [6, 6.07) is 0.297. The van der Waals surface area contributed by atoms with Gasteiger partial charge in [-0.25, -0.2) is 12.7 Å². The maximum atomic E-state index is 12.1. The van der Waals surface area contributed by atoms with Gasteiger partial charge in [0.2, 0.25) is 10.0 Å². The Hall–Kier alpha value is -0.820. The molecule has 1 saturated carbocycles. The highest BCUT2D eigenvalue weighted by atomic mass is 32.2. The lowest BCUT2D eigenvalue weighted by Gasteiger charge is -2.32. The van der Waals surface area contributed by atoms with Gasteiger partial charge in [0.25, 0.3) is 0 Å². The molecular formula is C15H30N4O2S. The lowest BCUT2D eigenvalue weighted by molar-refractivity contribution is 0.305. The van der Waals surface area contributed by atoms with Crippen molar-refractivity contribution in [2.24, 2.45) is 10.4 Å². The zero-order valence-electron chi connectivity index (χ0n) is 14.1. The lowest BCUT2D eigenvalue weighted by atomic mass is 10.1. The number of sulfonamides is 1. The molecule has 0 aromatic carbocycles. The minimum absolute atomic E-state index is 0.257. The molecule has 1 aliphatic heterocycles. The quantitative estimate of drug-likeness (QED) is 0.566. The van der Waals surface area contributed by atoms with Crippen LogP contribution in [0.15, 0.2) is 4.99 Å². The first-order valence-corrected chi connectivity index (χ1v) is 9.94. The van der Waals surface area contributed by atoms with Gasteiger partial charge in [-0.05, 0) is 37.5 Å². The van der Waals surface area contributed by atoms with Crippen LogP contribution in [0, 0.1) is 5.41 Å². The van der Waals surface area contributed by atoms with E-state index in [0.717, 1.165) is 25.3 Å². The van der Waals surface area contributed by atoms with Gasteiger partial charge in [-0.3, -0.25) is 4.99 Å². The van der Waals surface area contributed by atoms with Gasteiger partial charge in [0.05, 0.1) is 5.75 Å². The summed E-state index contributed by atoms with van der Waals surface area (Å²) < 4.78 is 25.8. The Morgan fingerprint density at radius 1 is 1.32 bits per heavy atom. The smallest absolute Gasteiger partial charge is 0.214 e. The fraction of sp³-hybridized carbons (Fsp3) is 0.933. The van der Waals surface area contributed by atoms with Crippen molar-refractivity contribution in [3.05, 3.63) is 0 Å². The third-order valence-electron chi connectivity index (χ3n) is 4.66. The molecule has 1 saturated heterocycles. The van der Waals surface area contributed by atoms with E-state index in [1.54, 1.807) is 11.4 Å². The molecule has 2 fully saturated rings. The molecule has 1 aliphatic carbocycles. The summed E-state index contributed by atoms with van der Waals surface area (Å²) in [5.74, 6) is 1.09. The molecule has 1 heterocycles. The Bertz CT molecular complexity index is 492. The Balaban J connectivity index is 1.76. The molecular weight excluding hydrogens is 300 g/mol. The highest BCUT2D eigenvalue weighted by molar-refractivity contribution is 7.89. The monoisotopic (exact) mass is 330 g/mol. The Kier molecular flexibility index (Phi) is 5.71. The summed E-state index contributed by atoms with van der Waals surface area (Å²) in [5.41, 5.74) is 0.440. The Labute approximate surface area is 134 Å². The van der Waals surface area contributed by atoms with E-state index in [4.69, 9.17) is 0 Å². The average molecular weight is 330 g/mol. The largest absolute Gasteiger partial charge is 0.356 e. The van der Waals surface area contributed by atoms with Crippen molar-refractivity contribution < 1.29 is 8.42 Å². The van der Waals surface area contributed by atoms with Gasteiger partial charge in [0, 0.05) is 32.7 Å². The molecule has 0 bridgehead atoms. The Morgan fingerprint density at radius 2 is 1.95 bits per heavy atom. The van der Waals surface area contributed by atoms with E-state index < -0.39 is 10.0 Å². The maximum absolute atomic E-state index is 12.1. The second-order valence-electron chi connectivity index (χ2n) is 6.87. The van der Waals surface area contributed by atoms with Gasteiger partial charge in [-0.15, -0.1) is 0 Å². The number of guanidine groups is 1. The summed E-state index contributed by atoms with van der Waals surface area (Å²) in [5, 5.41) is 6.82. The van der Waals surface area contributed by atoms with Gasteiger partial charge in [0.1, 0.15) is 0 Å². The van der Waals surface area contributed by atoms with Crippen LogP contribution in [0.1, 0.15) is 46.0 Å². The van der Waals surface area contributed by atoms with E-state index >= 15 is 0 Å². The average Bonchev–Trinajstić information content (AvgIpc) is 3.22. The minimum atomic E-state index is -3.05. The molecule has 0 atom stereocenters. The van der Waals surface area contributed by atoms with Gasteiger partial charge in [-0.1, -0.05) is 13.8 Å². The van der Waals surface area contributed by atoms with Gasteiger partial charge >= 0.3 is 0 Å². The predicted molar refractivity (Wildman–Crippen MR) is 90.5 cm³/mol. The summed E-state index contributed by atoms with van der Waals surface area (Å²) >= 11 is 0. The Morgan fingerprint density at radius 3 is 2.45 bits per heavy atom. The van der Waals surface area contributed by atoms with Crippen molar-refractivity contribution in [3.8, 4) is 0 Å². The van der Waals surface area contributed by atoms with Gasteiger partial charge in [-0.2, -0.15) is 0 Å². The third kappa shape index (κ3) is 4.84.